The predicted molar refractivity (Wildman–Crippen MR) is 44.2 cm³/mol. The topological polar surface area (TPSA) is 26.3 Å². The maximum Gasteiger partial charge on any atom is 0.319 e. The fraction of sp³-hybridized carbons (Fsp3) is 0.571. The highest BCUT2D eigenvalue weighted by atomic mass is 79.9. The van der Waals surface area contributed by atoms with E-state index in [-0.39, 0.29) is 10.8 Å². The number of allylic oxidation sites excluding steroid dienone is 1. The van der Waals surface area contributed by atoms with Crippen LogP contribution in [-0.4, -0.2) is 17.9 Å². The zero-order valence-electron chi connectivity index (χ0n) is 5.97. The van der Waals surface area contributed by atoms with Crippen molar-refractivity contribution in [3.05, 3.63) is 12.7 Å². The van der Waals surface area contributed by atoms with Gasteiger partial charge >= 0.3 is 5.97 Å². The lowest BCUT2D eigenvalue weighted by Gasteiger charge is -2.03. The van der Waals surface area contributed by atoms with Crippen molar-refractivity contribution in [2.24, 2.45) is 0 Å². The number of esters is 1. The van der Waals surface area contributed by atoms with Gasteiger partial charge in [-0.15, -0.1) is 6.58 Å². The Morgan fingerprint density at radius 3 is 2.90 bits per heavy atom. The lowest BCUT2D eigenvalue weighted by molar-refractivity contribution is -0.139. The first-order valence-corrected chi connectivity index (χ1v) is 3.96. The van der Waals surface area contributed by atoms with Crippen LogP contribution in [0.3, 0.4) is 0 Å². The van der Waals surface area contributed by atoms with Crippen LogP contribution in [0.15, 0.2) is 12.7 Å². The van der Waals surface area contributed by atoms with Gasteiger partial charge in [0.1, 0.15) is 4.83 Å². The van der Waals surface area contributed by atoms with Gasteiger partial charge in [0.05, 0.1) is 7.11 Å². The molecule has 3 heteroatoms. The molecule has 58 valence electrons. The molecule has 0 heterocycles. The van der Waals surface area contributed by atoms with Gasteiger partial charge in [-0.25, -0.2) is 0 Å². The van der Waals surface area contributed by atoms with Gasteiger partial charge in [0.15, 0.2) is 0 Å². The van der Waals surface area contributed by atoms with Crippen molar-refractivity contribution in [3.8, 4) is 0 Å². The fourth-order valence-electron chi connectivity index (χ4n) is 0.510. The summed E-state index contributed by atoms with van der Waals surface area (Å²) in [5.74, 6) is -0.221. The molecule has 2 nitrogen and oxygen atoms in total. The Morgan fingerprint density at radius 1 is 1.90 bits per heavy atom. The van der Waals surface area contributed by atoms with Gasteiger partial charge in [-0.05, 0) is 12.8 Å². The average molecular weight is 207 g/mol. The third kappa shape index (κ3) is 3.67. The predicted octanol–water partition coefficient (Wildman–Crippen LogP) is 1.89. The number of ether oxygens (including phenoxy) is 1. The molecule has 0 saturated carbocycles. The second-order valence-corrected chi connectivity index (χ2v) is 2.96. The van der Waals surface area contributed by atoms with E-state index in [0.717, 1.165) is 12.8 Å². The normalized spacial score (nSPS) is 12.2. The molecule has 10 heavy (non-hydrogen) atoms. The van der Waals surface area contributed by atoms with Crippen LogP contribution < -0.4 is 0 Å². The van der Waals surface area contributed by atoms with Gasteiger partial charge in [0.25, 0.3) is 0 Å². The molecule has 0 aromatic heterocycles. The molecule has 0 aliphatic heterocycles. The van der Waals surface area contributed by atoms with Gasteiger partial charge in [0.2, 0.25) is 0 Å². The lowest BCUT2D eigenvalue weighted by Crippen LogP contribution is -2.14. The maximum atomic E-state index is 10.7. The minimum Gasteiger partial charge on any atom is -0.468 e. The van der Waals surface area contributed by atoms with Crippen LogP contribution in [0, 0.1) is 0 Å². The Morgan fingerprint density at radius 2 is 2.50 bits per heavy atom. The quantitative estimate of drug-likeness (QED) is 0.399. The highest BCUT2D eigenvalue weighted by Gasteiger charge is 2.12. The Bertz CT molecular complexity index is 123. The highest BCUT2D eigenvalue weighted by Crippen LogP contribution is 2.09. The Balaban J connectivity index is 3.50. The number of hydrogen-bond acceptors (Lipinski definition) is 2. The smallest absolute Gasteiger partial charge is 0.319 e. The molecule has 0 bridgehead atoms. The van der Waals surface area contributed by atoms with Crippen LogP contribution in [0.5, 0.6) is 0 Å². The van der Waals surface area contributed by atoms with Crippen LogP contribution in [0.4, 0.5) is 0 Å². The molecule has 0 N–H and O–H groups in total. The van der Waals surface area contributed by atoms with Gasteiger partial charge in [-0.3, -0.25) is 4.79 Å². The van der Waals surface area contributed by atoms with E-state index >= 15 is 0 Å². The van der Waals surface area contributed by atoms with E-state index < -0.39 is 0 Å². The molecule has 1 atom stereocenters. The Labute approximate surface area is 69.4 Å². The second kappa shape index (κ2) is 5.47. The van der Waals surface area contributed by atoms with Crippen molar-refractivity contribution >= 4 is 21.9 Å². The molecule has 1 unspecified atom stereocenters. The number of carbonyl (C=O) groups is 1. The molecule has 0 saturated heterocycles. The number of carbonyl (C=O) groups excluding carboxylic acids is 1. The first-order chi connectivity index (χ1) is 4.72. The summed E-state index contributed by atoms with van der Waals surface area (Å²) in [4.78, 5) is 10.5. The molecule has 0 rings (SSSR count). The van der Waals surface area contributed by atoms with Gasteiger partial charge in [-0.2, -0.15) is 0 Å². The SMILES string of the molecule is C=CCCC(Br)C(=O)OC. The molecule has 0 amide bonds. The number of halogens is 1. The van der Waals surface area contributed by atoms with Crippen LogP contribution >= 0.6 is 15.9 Å². The van der Waals surface area contributed by atoms with Crippen molar-refractivity contribution in [3.63, 3.8) is 0 Å². The third-order valence-electron chi connectivity index (χ3n) is 1.08. The summed E-state index contributed by atoms with van der Waals surface area (Å²) in [6.07, 6.45) is 3.35. The standard InChI is InChI=1S/C7H11BrO2/c1-3-4-5-6(8)7(9)10-2/h3,6H,1,4-5H2,2H3. The summed E-state index contributed by atoms with van der Waals surface area (Å²) < 4.78 is 4.49. The van der Waals surface area contributed by atoms with Crippen molar-refractivity contribution in [1.29, 1.82) is 0 Å². The van der Waals surface area contributed by atoms with Crippen molar-refractivity contribution in [2.75, 3.05) is 7.11 Å². The Kier molecular flexibility index (Phi) is 5.30. The first kappa shape index (κ1) is 9.69. The van der Waals surface area contributed by atoms with Crippen molar-refractivity contribution in [2.45, 2.75) is 17.7 Å². The second-order valence-electron chi connectivity index (χ2n) is 1.86. The third-order valence-corrected chi connectivity index (χ3v) is 1.91. The summed E-state index contributed by atoms with van der Waals surface area (Å²) in [6.45, 7) is 3.54. The summed E-state index contributed by atoms with van der Waals surface area (Å²) in [7, 11) is 1.38. The molecule has 0 spiro atoms. The molecular formula is C7H11BrO2. The van der Waals surface area contributed by atoms with E-state index in [4.69, 9.17) is 0 Å². The minimum atomic E-state index is -0.221. The zero-order chi connectivity index (χ0) is 7.98. The maximum absolute atomic E-state index is 10.7. The van der Waals surface area contributed by atoms with E-state index in [9.17, 15) is 4.79 Å². The highest BCUT2D eigenvalue weighted by molar-refractivity contribution is 9.10. The van der Waals surface area contributed by atoms with Gasteiger partial charge < -0.3 is 4.74 Å². The average Bonchev–Trinajstić information content (AvgIpc) is 1.98. The van der Waals surface area contributed by atoms with E-state index in [1.165, 1.54) is 7.11 Å². The van der Waals surface area contributed by atoms with Crippen molar-refractivity contribution < 1.29 is 9.53 Å². The van der Waals surface area contributed by atoms with E-state index in [0.29, 0.717) is 0 Å². The molecule has 0 aromatic rings. The summed E-state index contributed by atoms with van der Waals surface area (Å²) >= 11 is 3.18. The summed E-state index contributed by atoms with van der Waals surface area (Å²) in [6, 6.07) is 0. The summed E-state index contributed by atoms with van der Waals surface area (Å²) in [5, 5.41) is 0. The molecule has 0 aliphatic carbocycles. The van der Waals surface area contributed by atoms with Crippen LogP contribution in [0.1, 0.15) is 12.8 Å². The molecule has 0 aromatic carbocycles. The lowest BCUT2D eigenvalue weighted by atomic mass is 10.2. The number of methoxy groups -OCH3 is 1. The number of alkyl halides is 1. The van der Waals surface area contributed by atoms with Crippen LogP contribution in [0.25, 0.3) is 0 Å². The largest absolute Gasteiger partial charge is 0.468 e. The monoisotopic (exact) mass is 206 g/mol. The molecule has 0 radical (unpaired) electrons. The minimum absolute atomic E-state index is 0.185. The molecular weight excluding hydrogens is 196 g/mol. The van der Waals surface area contributed by atoms with E-state index in [1.54, 1.807) is 6.08 Å². The van der Waals surface area contributed by atoms with Gasteiger partial charge in [0, 0.05) is 0 Å². The van der Waals surface area contributed by atoms with Crippen molar-refractivity contribution in [1.82, 2.24) is 0 Å². The van der Waals surface area contributed by atoms with E-state index in [2.05, 4.69) is 27.2 Å². The number of rotatable bonds is 4. The van der Waals surface area contributed by atoms with E-state index in [1.807, 2.05) is 0 Å². The first-order valence-electron chi connectivity index (χ1n) is 3.05. The van der Waals surface area contributed by atoms with Crippen LogP contribution in [-0.2, 0) is 9.53 Å². The Hall–Kier alpha value is -0.310. The van der Waals surface area contributed by atoms with Gasteiger partial charge in [-0.1, -0.05) is 22.0 Å². The summed E-state index contributed by atoms with van der Waals surface area (Å²) in [5.41, 5.74) is 0. The fourth-order valence-corrected chi connectivity index (χ4v) is 0.961. The zero-order valence-corrected chi connectivity index (χ0v) is 7.56. The van der Waals surface area contributed by atoms with Crippen LogP contribution in [0.2, 0.25) is 0 Å². The number of hydrogen-bond donors (Lipinski definition) is 0. The molecule has 0 fully saturated rings. The molecule has 0 aliphatic rings.